The molecule has 0 radical (unpaired) electrons. The molecule has 2 heteroatoms. The lowest BCUT2D eigenvalue weighted by molar-refractivity contribution is -0.123. The number of carbonyl (C=O) groups is 1. The van der Waals surface area contributed by atoms with Crippen molar-refractivity contribution >= 4 is 11.5 Å². The minimum Gasteiger partial charge on any atom is -0.368 e. The van der Waals surface area contributed by atoms with Gasteiger partial charge in [-0.25, -0.2) is 0 Å². The maximum absolute atomic E-state index is 12.2. The van der Waals surface area contributed by atoms with Crippen LogP contribution in [0.4, 0.5) is 5.69 Å². The molecule has 1 atom stereocenters. The number of para-hydroxylation sites is 1. The average Bonchev–Trinajstić information content (AvgIpc) is 2.67. The largest absolute Gasteiger partial charge is 0.368 e. The van der Waals surface area contributed by atoms with Gasteiger partial charge >= 0.3 is 0 Å². The van der Waals surface area contributed by atoms with Crippen molar-refractivity contribution in [1.82, 2.24) is 0 Å². The van der Waals surface area contributed by atoms with E-state index in [4.69, 9.17) is 0 Å². The molecule has 0 saturated heterocycles. The molecule has 0 bridgehead atoms. The predicted octanol–water partition coefficient (Wildman–Crippen LogP) is 3.22. The summed E-state index contributed by atoms with van der Waals surface area (Å²) in [6.45, 7) is 9.18. The second-order valence-corrected chi connectivity index (χ2v) is 5.41. The summed E-state index contributed by atoms with van der Waals surface area (Å²) in [5.41, 5.74) is 2.45. The van der Waals surface area contributed by atoms with Crippen LogP contribution in [0.15, 0.2) is 24.3 Å². The second kappa shape index (κ2) is 4.52. The van der Waals surface area contributed by atoms with Crippen molar-refractivity contribution in [3.8, 4) is 0 Å². The molecular formula is C15H21NO. The molecule has 1 aromatic rings. The number of hydrogen-bond donors (Lipinski definition) is 0. The van der Waals surface area contributed by atoms with Gasteiger partial charge in [-0.1, -0.05) is 32.0 Å². The van der Waals surface area contributed by atoms with Gasteiger partial charge in [-0.3, -0.25) is 4.79 Å². The Labute approximate surface area is 104 Å². The summed E-state index contributed by atoms with van der Waals surface area (Å²) in [6.07, 6.45) is 0. The smallest absolute Gasteiger partial charge is 0.144 e. The standard InChI is InChI=1S/C15H21NO/c1-10(2)15(17)13-9-16(11(3)4)14-8-6-5-7-12(13)14/h5-8,10-11,13H,9H2,1-4H3. The van der Waals surface area contributed by atoms with Crippen LogP contribution in [0.2, 0.25) is 0 Å². The first-order chi connectivity index (χ1) is 8.02. The first-order valence-electron chi connectivity index (χ1n) is 6.41. The molecule has 2 nitrogen and oxygen atoms in total. The van der Waals surface area contributed by atoms with E-state index in [2.05, 4.69) is 36.9 Å². The second-order valence-electron chi connectivity index (χ2n) is 5.41. The molecule has 1 aromatic carbocycles. The van der Waals surface area contributed by atoms with Crippen molar-refractivity contribution in [3.63, 3.8) is 0 Å². The van der Waals surface area contributed by atoms with Crippen LogP contribution in [-0.4, -0.2) is 18.4 Å². The number of ketones is 1. The fourth-order valence-electron chi connectivity index (χ4n) is 2.57. The van der Waals surface area contributed by atoms with Crippen LogP contribution in [0.25, 0.3) is 0 Å². The van der Waals surface area contributed by atoms with Gasteiger partial charge in [0.15, 0.2) is 0 Å². The van der Waals surface area contributed by atoms with E-state index < -0.39 is 0 Å². The van der Waals surface area contributed by atoms with Gasteiger partial charge in [-0.15, -0.1) is 0 Å². The van der Waals surface area contributed by atoms with Crippen molar-refractivity contribution in [2.75, 3.05) is 11.4 Å². The van der Waals surface area contributed by atoms with E-state index in [0.717, 1.165) is 6.54 Å². The third kappa shape index (κ3) is 2.08. The number of rotatable bonds is 3. The number of fused-ring (bicyclic) bond motifs is 1. The molecule has 2 rings (SSSR count). The first kappa shape index (κ1) is 12.2. The zero-order valence-corrected chi connectivity index (χ0v) is 11.1. The molecule has 0 spiro atoms. The molecule has 0 saturated carbocycles. The molecule has 0 amide bonds. The van der Waals surface area contributed by atoms with Crippen LogP contribution in [0.3, 0.4) is 0 Å². The highest BCUT2D eigenvalue weighted by atomic mass is 16.1. The Hall–Kier alpha value is -1.31. The minimum absolute atomic E-state index is 0.0635. The van der Waals surface area contributed by atoms with Crippen molar-refractivity contribution in [2.45, 2.75) is 39.7 Å². The van der Waals surface area contributed by atoms with Crippen LogP contribution in [0.5, 0.6) is 0 Å². The lowest BCUT2D eigenvalue weighted by Gasteiger charge is -2.24. The molecule has 92 valence electrons. The molecular weight excluding hydrogens is 210 g/mol. The molecule has 1 unspecified atom stereocenters. The quantitative estimate of drug-likeness (QED) is 0.796. The highest BCUT2D eigenvalue weighted by Crippen LogP contribution is 2.38. The fourth-order valence-corrected chi connectivity index (χ4v) is 2.57. The van der Waals surface area contributed by atoms with Gasteiger partial charge in [0.05, 0.1) is 5.92 Å². The number of nitrogens with zero attached hydrogens (tertiary/aromatic N) is 1. The third-order valence-corrected chi connectivity index (χ3v) is 3.54. The van der Waals surface area contributed by atoms with E-state index in [-0.39, 0.29) is 11.8 Å². The summed E-state index contributed by atoms with van der Waals surface area (Å²) < 4.78 is 0. The zero-order valence-electron chi connectivity index (χ0n) is 11.1. The van der Waals surface area contributed by atoms with Crippen molar-refractivity contribution in [2.24, 2.45) is 5.92 Å². The molecule has 0 aliphatic carbocycles. The summed E-state index contributed by atoms with van der Waals surface area (Å²) in [6, 6.07) is 8.76. The fraction of sp³-hybridized carbons (Fsp3) is 0.533. The normalized spacial score (nSPS) is 18.9. The predicted molar refractivity (Wildman–Crippen MR) is 71.5 cm³/mol. The van der Waals surface area contributed by atoms with Crippen LogP contribution in [0, 0.1) is 5.92 Å². The summed E-state index contributed by atoms with van der Waals surface area (Å²) in [7, 11) is 0. The summed E-state index contributed by atoms with van der Waals surface area (Å²) in [5.74, 6) is 0.536. The molecule has 17 heavy (non-hydrogen) atoms. The lowest BCUT2D eigenvalue weighted by Crippen LogP contribution is -2.31. The van der Waals surface area contributed by atoms with Crippen LogP contribution < -0.4 is 4.90 Å². The van der Waals surface area contributed by atoms with Crippen molar-refractivity contribution in [1.29, 1.82) is 0 Å². The van der Waals surface area contributed by atoms with E-state index in [1.54, 1.807) is 0 Å². The molecule has 0 fully saturated rings. The Balaban J connectivity index is 2.38. The maximum atomic E-state index is 12.2. The molecule has 1 aliphatic rings. The SMILES string of the molecule is CC(C)C(=O)C1CN(C(C)C)c2ccccc21. The van der Waals surface area contributed by atoms with E-state index in [0.29, 0.717) is 11.8 Å². The van der Waals surface area contributed by atoms with Gasteiger partial charge in [0, 0.05) is 24.2 Å². The minimum atomic E-state index is 0.0635. The number of carbonyl (C=O) groups excluding carboxylic acids is 1. The first-order valence-corrected chi connectivity index (χ1v) is 6.41. The topological polar surface area (TPSA) is 20.3 Å². The van der Waals surface area contributed by atoms with E-state index in [9.17, 15) is 4.79 Å². The van der Waals surface area contributed by atoms with Gasteiger partial charge in [-0.2, -0.15) is 0 Å². The van der Waals surface area contributed by atoms with Gasteiger partial charge < -0.3 is 4.90 Å². The van der Waals surface area contributed by atoms with E-state index >= 15 is 0 Å². The van der Waals surface area contributed by atoms with Gasteiger partial charge in [0.2, 0.25) is 0 Å². The van der Waals surface area contributed by atoms with E-state index in [1.165, 1.54) is 11.3 Å². The van der Waals surface area contributed by atoms with Crippen LogP contribution in [0.1, 0.15) is 39.2 Å². The Morgan fingerprint density at radius 1 is 1.24 bits per heavy atom. The summed E-state index contributed by atoms with van der Waals surface area (Å²) >= 11 is 0. The lowest BCUT2D eigenvalue weighted by atomic mass is 9.90. The van der Waals surface area contributed by atoms with Crippen molar-refractivity contribution in [3.05, 3.63) is 29.8 Å². The van der Waals surface area contributed by atoms with Gasteiger partial charge in [0.1, 0.15) is 5.78 Å². The van der Waals surface area contributed by atoms with Crippen LogP contribution in [-0.2, 0) is 4.79 Å². The zero-order chi connectivity index (χ0) is 12.6. The highest BCUT2D eigenvalue weighted by Gasteiger charge is 2.34. The summed E-state index contributed by atoms with van der Waals surface area (Å²) in [5, 5.41) is 0. The monoisotopic (exact) mass is 231 g/mol. The number of anilines is 1. The number of Topliss-reactive ketones (excluding diaryl/α,β-unsaturated/α-hetero) is 1. The molecule has 0 aromatic heterocycles. The Morgan fingerprint density at radius 2 is 1.88 bits per heavy atom. The third-order valence-electron chi connectivity index (χ3n) is 3.54. The molecule has 0 N–H and O–H groups in total. The van der Waals surface area contributed by atoms with E-state index in [1.807, 2.05) is 19.9 Å². The Morgan fingerprint density at radius 3 is 2.47 bits per heavy atom. The van der Waals surface area contributed by atoms with Gasteiger partial charge in [0.25, 0.3) is 0 Å². The highest BCUT2D eigenvalue weighted by molar-refractivity contribution is 5.91. The number of benzene rings is 1. The summed E-state index contributed by atoms with van der Waals surface area (Å²) in [4.78, 5) is 14.6. The molecule has 1 heterocycles. The Bertz CT molecular complexity index is 423. The van der Waals surface area contributed by atoms with Crippen LogP contribution >= 0.6 is 0 Å². The van der Waals surface area contributed by atoms with Crippen molar-refractivity contribution < 1.29 is 4.79 Å². The maximum Gasteiger partial charge on any atom is 0.144 e. The molecule has 1 aliphatic heterocycles. The van der Waals surface area contributed by atoms with Gasteiger partial charge in [-0.05, 0) is 25.5 Å². The number of hydrogen-bond acceptors (Lipinski definition) is 2. The Kier molecular flexibility index (Phi) is 3.23. The average molecular weight is 231 g/mol.